The van der Waals surface area contributed by atoms with Crippen LogP contribution >= 0.6 is 22.6 Å². The van der Waals surface area contributed by atoms with Gasteiger partial charge >= 0.3 is 6.09 Å². The van der Waals surface area contributed by atoms with E-state index in [4.69, 9.17) is 5.11 Å². The van der Waals surface area contributed by atoms with Gasteiger partial charge in [-0.1, -0.05) is 12.1 Å². The number of benzene rings is 1. The van der Waals surface area contributed by atoms with E-state index in [9.17, 15) is 4.79 Å². The van der Waals surface area contributed by atoms with Gasteiger partial charge in [-0.2, -0.15) is 0 Å². The highest BCUT2D eigenvalue weighted by Crippen LogP contribution is 2.13. The molecule has 1 aromatic carbocycles. The molecule has 1 rings (SSSR count). The van der Waals surface area contributed by atoms with E-state index in [-0.39, 0.29) is 6.04 Å². The van der Waals surface area contributed by atoms with Crippen molar-refractivity contribution in [1.29, 1.82) is 0 Å². The second-order valence-electron chi connectivity index (χ2n) is 2.72. The third-order valence-corrected chi connectivity index (χ3v) is 2.43. The molecule has 4 heteroatoms. The van der Waals surface area contributed by atoms with Crippen LogP contribution in [0.25, 0.3) is 0 Å². The van der Waals surface area contributed by atoms with Crippen LogP contribution in [0.4, 0.5) is 4.79 Å². The fourth-order valence-electron chi connectivity index (χ4n) is 1.02. The monoisotopic (exact) mass is 291 g/mol. The van der Waals surface area contributed by atoms with Gasteiger partial charge in [-0.25, -0.2) is 4.79 Å². The summed E-state index contributed by atoms with van der Waals surface area (Å²) >= 11 is 2.21. The smallest absolute Gasteiger partial charge is 0.405 e. The second-order valence-corrected chi connectivity index (χ2v) is 3.97. The summed E-state index contributed by atoms with van der Waals surface area (Å²) in [6.45, 7) is 1.82. The van der Waals surface area contributed by atoms with Crippen LogP contribution in [0.5, 0.6) is 0 Å². The zero-order valence-electron chi connectivity index (χ0n) is 7.12. The number of carboxylic acid groups (broad SMARTS) is 1. The van der Waals surface area contributed by atoms with Crippen molar-refractivity contribution in [3.63, 3.8) is 0 Å². The number of nitrogens with one attached hydrogen (secondary N) is 1. The molecule has 0 bridgehead atoms. The van der Waals surface area contributed by atoms with Crippen LogP contribution in [0, 0.1) is 3.57 Å². The first kappa shape index (κ1) is 10.3. The summed E-state index contributed by atoms with van der Waals surface area (Å²) in [6.07, 6.45) is -0.994. The fraction of sp³-hybridized carbons (Fsp3) is 0.222. The van der Waals surface area contributed by atoms with Crippen molar-refractivity contribution in [2.45, 2.75) is 13.0 Å². The van der Waals surface area contributed by atoms with Gasteiger partial charge in [0.2, 0.25) is 0 Å². The molecule has 0 aromatic heterocycles. The van der Waals surface area contributed by atoms with Crippen LogP contribution in [-0.2, 0) is 0 Å². The van der Waals surface area contributed by atoms with E-state index in [1.54, 1.807) is 0 Å². The van der Waals surface area contributed by atoms with Gasteiger partial charge in [0, 0.05) is 3.57 Å². The Hall–Kier alpha value is -0.780. The maximum absolute atomic E-state index is 10.3. The van der Waals surface area contributed by atoms with E-state index in [2.05, 4.69) is 27.9 Å². The van der Waals surface area contributed by atoms with E-state index in [1.807, 2.05) is 31.2 Å². The van der Waals surface area contributed by atoms with E-state index in [0.29, 0.717) is 0 Å². The fourth-order valence-corrected chi connectivity index (χ4v) is 1.38. The second kappa shape index (κ2) is 4.45. The maximum Gasteiger partial charge on any atom is 0.405 e. The minimum absolute atomic E-state index is 0.158. The SMILES string of the molecule is C[C@@H](NC(=O)O)c1ccc(I)cc1. The summed E-state index contributed by atoms with van der Waals surface area (Å²) in [5.41, 5.74) is 0.975. The lowest BCUT2D eigenvalue weighted by atomic mass is 10.1. The van der Waals surface area contributed by atoms with E-state index in [1.165, 1.54) is 0 Å². The third kappa shape index (κ3) is 3.22. The van der Waals surface area contributed by atoms with Crippen LogP contribution in [0.1, 0.15) is 18.5 Å². The van der Waals surface area contributed by atoms with Crippen LogP contribution in [0.2, 0.25) is 0 Å². The molecule has 70 valence electrons. The molecule has 0 radical (unpaired) electrons. The lowest BCUT2D eigenvalue weighted by molar-refractivity contribution is 0.191. The van der Waals surface area contributed by atoms with Crippen molar-refractivity contribution in [1.82, 2.24) is 5.32 Å². The van der Waals surface area contributed by atoms with Gasteiger partial charge in [0.25, 0.3) is 0 Å². The Bertz CT molecular complexity index is 297. The van der Waals surface area contributed by atoms with Crippen LogP contribution in [-0.4, -0.2) is 11.2 Å². The van der Waals surface area contributed by atoms with E-state index in [0.717, 1.165) is 9.13 Å². The summed E-state index contributed by atoms with van der Waals surface area (Å²) < 4.78 is 1.14. The summed E-state index contributed by atoms with van der Waals surface area (Å²) in [6, 6.07) is 7.59. The third-order valence-electron chi connectivity index (χ3n) is 1.71. The van der Waals surface area contributed by atoms with Crippen molar-refractivity contribution in [3.8, 4) is 0 Å². The summed E-state index contributed by atoms with van der Waals surface area (Å²) in [4.78, 5) is 10.3. The van der Waals surface area contributed by atoms with Gasteiger partial charge in [-0.3, -0.25) is 0 Å². The number of hydrogen-bond acceptors (Lipinski definition) is 1. The maximum atomic E-state index is 10.3. The van der Waals surface area contributed by atoms with Crippen LogP contribution in [0.15, 0.2) is 24.3 Å². The highest BCUT2D eigenvalue weighted by Gasteiger charge is 2.06. The van der Waals surface area contributed by atoms with Crippen LogP contribution in [0.3, 0.4) is 0 Å². The van der Waals surface area contributed by atoms with Crippen LogP contribution < -0.4 is 5.32 Å². The molecule has 13 heavy (non-hydrogen) atoms. The first-order chi connectivity index (χ1) is 6.09. The highest BCUT2D eigenvalue weighted by atomic mass is 127. The predicted molar refractivity (Wildman–Crippen MR) is 58.7 cm³/mol. The first-order valence-corrected chi connectivity index (χ1v) is 4.92. The molecule has 0 aliphatic rings. The molecule has 0 aliphatic heterocycles. The summed E-state index contributed by atoms with van der Waals surface area (Å²) in [7, 11) is 0. The molecule has 0 heterocycles. The van der Waals surface area contributed by atoms with Crippen molar-refractivity contribution in [2.24, 2.45) is 0 Å². The zero-order chi connectivity index (χ0) is 9.84. The van der Waals surface area contributed by atoms with Gasteiger partial charge in [0.1, 0.15) is 0 Å². The number of rotatable bonds is 2. The first-order valence-electron chi connectivity index (χ1n) is 3.84. The Morgan fingerprint density at radius 1 is 1.46 bits per heavy atom. The number of carbonyl (C=O) groups is 1. The molecule has 0 spiro atoms. The average molecular weight is 291 g/mol. The summed E-state index contributed by atoms with van der Waals surface area (Å²) in [5.74, 6) is 0. The minimum Gasteiger partial charge on any atom is -0.465 e. The van der Waals surface area contributed by atoms with Crippen molar-refractivity contribution < 1.29 is 9.90 Å². The number of halogens is 1. The number of hydrogen-bond donors (Lipinski definition) is 2. The zero-order valence-corrected chi connectivity index (χ0v) is 9.28. The Kier molecular flexibility index (Phi) is 3.53. The molecule has 1 aromatic rings. The van der Waals surface area contributed by atoms with Crippen molar-refractivity contribution in [2.75, 3.05) is 0 Å². The lowest BCUT2D eigenvalue weighted by Crippen LogP contribution is -2.24. The van der Waals surface area contributed by atoms with E-state index < -0.39 is 6.09 Å². The Labute approximate surface area is 90.3 Å². The Morgan fingerprint density at radius 3 is 2.46 bits per heavy atom. The van der Waals surface area contributed by atoms with Gasteiger partial charge in [-0.15, -0.1) is 0 Å². The highest BCUT2D eigenvalue weighted by molar-refractivity contribution is 14.1. The quantitative estimate of drug-likeness (QED) is 0.823. The molecule has 1 amide bonds. The molecule has 0 unspecified atom stereocenters. The number of amides is 1. The van der Waals surface area contributed by atoms with E-state index >= 15 is 0 Å². The molecule has 3 nitrogen and oxygen atoms in total. The van der Waals surface area contributed by atoms with Crippen molar-refractivity contribution >= 4 is 28.7 Å². The molecule has 0 saturated carbocycles. The molecule has 0 aliphatic carbocycles. The summed E-state index contributed by atoms with van der Waals surface area (Å²) in [5, 5.41) is 10.9. The van der Waals surface area contributed by atoms with Crippen molar-refractivity contribution in [3.05, 3.63) is 33.4 Å². The largest absolute Gasteiger partial charge is 0.465 e. The lowest BCUT2D eigenvalue weighted by Gasteiger charge is -2.11. The normalized spacial score (nSPS) is 12.2. The molecule has 1 atom stereocenters. The Morgan fingerprint density at radius 2 is 2.00 bits per heavy atom. The Balaban J connectivity index is 2.71. The molecule has 0 fully saturated rings. The minimum atomic E-state index is -0.994. The molecular formula is C9H10INO2. The average Bonchev–Trinajstić information content (AvgIpc) is 2.04. The predicted octanol–water partition coefficient (Wildman–Crippen LogP) is 2.62. The molecule has 2 N–H and O–H groups in total. The topological polar surface area (TPSA) is 49.3 Å². The van der Waals surface area contributed by atoms with Gasteiger partial charge in [-0.05, 0) is 47.2 Å². The van der Waals surface area contributed by atoms with Gasteiger partial charge in [0.05, 0.1) is 6.04 Å². The standard InChI is InChI=1S/C9H10INO2/c1-6(11-9(12)13)7-2-4-8(10)5-3-7/h2-6,11H,1H3,(H,12,13)/t6-/m1/s1. The molecule has 0 saturated heterocycles. The van der Waals surface area contributed by atoms with Gasteiger partial charge in [0.15, 0.2) is 0 Å². The van der Waals surface area contributed by atoms with Gasteiger partial charge < -0.3 is 10.4 Å². The molecular weight excluding hydrogens is 281 g/mol.